The number of anilines is 1. The molecule has 0 spiro atoms. The quantitative estimate of drug-likeness (QED) is 0.188. The molecule has 2 N–H and O–H groups in total. The Kier molecular flexibility index (Phi) is 8.47. The summed E-state index contributed by atoms with van der Waals surface area (Å²) in [6.07, 6.45) is 6.78. The number of nitrogens with zero attached hydrogens (tertiary/aromatic N) is 3. The number of carbonyl (C=O) groups is 2. The second-order valence-electron chi connectivity index (χ2n) is 11.4. The molecule has 8 heteroatoms. The van der Waals surface area contributed by atoms with Gasteiger partial charge in [-0.3, -0.25) is 9.59 Å². The average molecular weight is 603 g/mol. The monoisotopic (exact) mass is 602 g/mol. The van der Waals surface area contributed by atoms with Crippen LogP contribution in [-0.4, -0.2) is 46.0 Å². The summed E-state index contributed by atoms with van der Waals surface area (Å²) in [7, 11) is 0. The predicted octanol–water partition coefficient (Wildman–Crippen LogP) is 7.11. The van der Waals surface area contributed by atoms with Crippen molar-refractivity contribution in [3.63, 3.8) is 0 Å². The molecule has 0 saturated carbocycles. The maximum atomic E-state index is 15.5. The molecule has 1 amide bonds. The second kappa shape index (κ2) is 12.8. The number of allylic oxidation sites excluding steroid dienone is 2. The lowest BCUT2D eigenvalue weighted by molar-refractivity contribution is -0.140. The standard InChI is InChI=1S/C37H35FN4O3/c1-3-24(2)30-12-8-7-11-26(30)15-17-39-36(43)28-19-32(25-9-5-4-6-10-25)35-40-34(23-42(35)22-28)31-14-13-29(20-33(31)38)41-18-16-27(21-41)37(44)45/h3-14,19-20,22-23,27H,15-18,21H2,1-2H3,(H,39,43)(H,44,45)/b24-3-/t27-/m0/s1. The fraction of sp³-hybridized carbons (Fsp3) is 0.216. The molecule has 5 aromatic rings. The Morgan fingerprint density at radius 2 is 1.80 bits per heavy atom. The maximum absolute atomic E-state index is 15.5. The van der Waals surface area contributed by atoms with Crippen molar-refractivity contribution >= 4 is 28.8 Å². The molecule has 228 valence electrons. The van der Waals surface area contributed by atoms with E-state index >= 15 is 4.39 Å². The maximum Gasteiger partial charge on any atom is 0.308 e. The first-order chi connectivity index (χ1) is 21.8. The van der Waals surface area contributed by atoms with E-state index in [1.807, 2.05) is 60.4 Å². The molecule has 3 aromatic carbocycles. The number of rotatable bonds is 9. The number of aliphatic carboxylic acids is 1. The van der Waals surface area contributed by atoms with Gasteiger partial charge in [-0.1, -0.05) is 60.7 Å². The van der Waals surface area contributed by atoms with Crippen molar-refractivity contribution < 1.29 is 19.1 Å². The number of halogens is 1. The van der Waals surface area contributed by atoms with Gasteiger partial charge >= 0.3 is 5.97 Å². The van der Waals surface area contributed by atoms with Gasteiger partial charge in [0.15, 0.2) is 0 Å². The largest absolute Gasteiger partial charge is 0.481 e. The van der Waals surface area contributed by atoms with E-state index in [2.05, 4.69) is 30.4 Å². The minimum atomic E-state index is -0.827. The van der Waals surface area contributed by atoms with E-state index < -0.39 is 17.7 Å². The Balaban J connectivity index is 1.28. The highest BCUT2D eigenvalue weighted by Gasteiger charge is 2.28. The highest BCUT2D eigenvalue weighted by molar-refractivity contribution is 5.97. The SMILES string of the molecule is C/C=C(/C)c1ccccc1CCNC(=O)c1cc(-c2ccccc2)c2nc(-c3ccc(N4CC[C@H](C(=O)O)C4)cc3F)cn2c1. The van der Waals surface area contributed by atoms with Crippen molar-refractivity contribution in [2.75, 3.05) is 24.5 Å². The molecule has 1 fully saturated rings. The van der Waals surface area contributed by atoms with E-state index in [0.29, 0.717) is 60.6 Å². The minimum Gasteiger partial charge on any atom is -0.481 e. The molecular formula is C37H35FN4O3. The number of imidazole rings is 1. The molecule has 1 atom stereocenters. The van der Waals surface area contributed by atoms with Gasteiger partial charge in [0.25, 0.3) is 5.91 Å². The number of fused-ring (bicyclic) bond motifs is 1. The number of carbonyl (C=O) groups excluding carboxylic acids is 1. The number of benzene rings is 3. The topological polar surface area (TPSA) is 86.9 Å². The molecule has 6 rings (SSSR count). The number of hydrogen-bond acceptors (Lipinski definition) is 4. The Morgan fingerprint density at radius 3 is 2.53 bits per heavy atom. The van der Waals surface area contributed by atoms with E-state index in [1.54, 1.807) is 28.9 Å². The third kappa shape index (κ3) is 6.22. The highest BCUT2D eigenvalue weighted by Crippen LogP contribution is 2.32. The third-order valence-corrected chi connectivity index (χ3v) is 8.58. The van der Waals surface area contributed by atoms with Crippen molar-refractivity contribution in [1.82, 2.24) is 14.7 Å². The van der Waals surface area contributed by atoms with Crippen LogP contribution in [-0.2, 0) is 11.2 Å². The van der Waals surface area contributed by atoms with Crippen molar-refractivity contribution in [3.05, 3.63) is 120 Å². The number of carboxylic acids is 1. The van der Waals surface area contributed by atoms with Crippen LogP contribution < -0.4 is 10.2 Å². The predicted molar refractivity (Wildman–Crippen MR) is 176 cm³/mol. The summed E-state index contributed by atoms with van der Waals surface area (Å²) in [6, 6.07) is 24.7. The van der Waals surface area contributed by atoms with Crippen LogP contribution in [0.3, 0.4) is 0 Å². The normalized spacial score (nSPS) is 15.0. The zero-order valence-electron chi connectivity index (χ0n) is 25.3. The van der Waals surface area contributed by atoms with Gasteiger partial charge in [-0.15, -0.1) is 0 Å². The zero-order valence-corrected chi connectivity index (χ0v) is 25.3. The fourth-order valence-electron chi connectivity index (χ4n) is 5.98. The molecule has 0 bridgehead atoms. The molecular weight excluding hydrogens is 567 g/mol. The van der Waals surface area contributed by atoms with Crippen LogP contribution in [0.15, 0.2) is 97.3 Å². The van der Waals surface area contributed by atoms with E-state index in [1.165, 1.54) is 22.8 Å². The van der Waals surface area contributed by atoms with Gasteiger partial charge in [0.05, 0.1) is 17.2 Å². The molecule has 45 heavy (non-hydrogen) atoms. The lowest BCUT2D eigenvalue weighted by atomic mass is 9.98. The van der Waals surface area contributed by atoms with Crippen LogP contribution >= 0.6 is 0 Å². The zero-order chi connectivity index (χ0) is 31.5. The summed E-state index contributed by atoms with van der Waals surface area (Å²) in [5.41, 5.74) is 7.70. The lowest BCUT2D eigenvalue weighted by Crippen LogP contribution is -2.26. The summed E-state index contributed by atoms with van der Waals surface area (Å²) in [5.74, 6) is -1.92. The van der Waals surface area contributed by atoms with Crippen LogP contribution in [0.1, 0.15) is 41.8 Å². The number of carboxylic acid groups (broad SMARTS) is 1. The molecule has 0 unspecified atom stereocenters. The van der Waals surface area contributed by atoms with Crippen LogP contribution in [0.2, 0.25) is 0 Å². The number of amides is 1. The molecule has 1 saturated heterocycles. The molecule has 1 aliphatic rings. The Hall–Kier alpha value is -5.24. The summed E-state index contributed by atoms with van der Waals surface area (Å²) >= 11 is 0. The molecule has 0 radical (unpaired) electrons. The second-order valence-corrected chi connectivity index (χ2v) is 11.4. The van der Waals surface area contributed by atoms with E-state index in [9.17, 15) is 14.7 Å². The number of hydrogen-bond donors (Lipinski definition) is 2. The van der Waals surface area contributed by atoms with Gasteiger partial charge < -0.3 is 19.7 Å². The van der Waals surface area contributed by atoms with Gasteiger partial charge in [0.2, 0.25) is 0 Å². The van der Waals surface area contributed by atoms with Crippen molar-refractivity contribution in [1.29, 1.82) is 0 Å². The molecule has 7 nitrogen and oxygen atoms in total. The van der Waals surface area contributed by atoms with Gasteiger partial charge in [-0.25, -0.2) is 9.37 Å². The first kappa shape index (κ1) is 29.8. The number of pyridine rings is 1. The Morgan fingerprint density at radius 1 is 1.02 bits per heavy atom. The summed E-state index contributed by atoms with van der Waals surface area (Å²) in [6.45, 7) is 5.50. The van der Waals surface area contributed by atoms with Gasteiger partial charge in [-0.05, 0) is 73.2 Å². The Labute approximate surface area is 261 Å². The van der Waals surface area contributed by atoms with Crippen molar-refractivity contribution in [2.45, 2.75) is 26.7 Å². The number of nitrogens with one attached hydrogen (secondary N) is 1. The third-order valence-electron chi connectivity index (χ3n) is 8.58. The Bertz CT molecular complexity index is 1910. The summed E-state index contributed by atoms with van der Waals surface area (Å²) < 4.78 is 17.3. The van der Waals surface area contributed by atoms with Gasteiger partial charge in [0.1, 0.15) is 11.5 Å². The van der Waals surface area contributed by atoms with Crippen LogP contribution in [0, 0.1) is 11.7 Å². The first-order valence-electron chi connectivity index (χ1n) is 15.2. The van der Waals surface area contributed by atoms with Gasteiger partial charge in [-0.2, -0.15) is 0 Å². The fourth-order valence-corrected chi connectivity index (χ4v) is 5.98. The van der Waals surface area contributed by atoms with E-state index in [-0.39, 0.29) is 5.91 Å². The van der Waals surface area contributed by atoms with Crippen molar-refractivity contribution in [2.24, 2.45) is 5.92 Å². The minimum absolute atomic E-state index is 0.203. The molecule has 0 aliphatic carbocycles. The summed E-state index contributed by atoms with van der Waals surface area (Å²) in [4.78, 5) is 31.5. The van der Waals surface area contributed by atoms with Crippen LogP contribution in [0.25, 0.3) is 33.6 Å². The lowest BCUT2D eigenvalue weighted by Gasteiger charge is -2.18. The van der Waals surface area contributed by atoms with Crippen LogP contribution in [0.5, 0.6) is 0 Å². The van der Waals surface area contributed by atoms with Crippen LogP contribution in [0.4, 0.5) is 10.1 Å². The molecule has 1 aliphatic heterocycles. The van der Waals surface area contributed by atoms with E-state index in [4.69, 9.17) is 4.98 Å². The smallest absolute Gasteiger partial charge is 0.308 e. The first-order valence-corrected chi connectivity index (χ1v) is 15.2. The average Bonchev–Trinajstić information content (AvgIpc) is 3.73. The highest BCUT2D eigenvalue weighted by atomic mass is 19.1. The number of aromatic nitrogens is 2. The van der Waals surface area contributed by atoms with Crippen molar-refractivity contribution in [3.8, 4) is 22.4 Å². The molecule has 2 aromatic heterocycles. The summed E-state index contributed by atoms with van der Waals surface area (Å²) in [5, 5.41) is 12.4. The van der Waals surface area contributed by atoms with Gasteiger partial charge in [0, 0.05) is 48.8 Å². The van der Waals surface area contributed by atoms with E-state index in [0.717, 1.165) is 11.1 Å². The molecule has 3 heterocycles.